The zero-order valence-electron chi connectivity index (χ0n) is 18.2. The van der Waals surface area contributed by atoms with Crippen molar-refractivity contribution in [2.75, 3.05) is 27.4 Å². The van der Waals surface area contributed by atoms with Crippen molar-refractivity contribution in [3.63, 3.8) is 0 Å². The van der Waals surface area contributed by atoms with Gasteiger partial charge < -0.3 is 19.1 Å². The molecule has 0 N–H and O–H groups in total. The summed E-state index contributed by atoms with van der Waals surface area (Å²) < 4.78 is 15.9. The second-order valence-corrected chi connectivity index (χ2v) is 7.00. The Kier molecular flexibility index (Phi) is 7.07. The zero-order chi connectivity index (χ0) is 22.4. The molecule has 0 aliphatic heterocycles. The van der Waals surface area contributed by atoms with Crippen LogP contribution in [-0.4, -0.2) is 49.1 Å². The minimum atomic E-state index is -0.544. The predicted octanol–water partition coefficient (Wildman–Crippen LogP) is 3.77. The number of aryl methyl sites for hydroxylation is 1. The van der Waals surface area contributed by atoms with Crippen LogP contribution >= 0.6 is 0 Å². The predicted molar refractivity (Wildman–Crippen MR) is 117 cm³/mol. The zero-order valence-corrected chi connectivity index (χ0v) is 18.2. The molecule has 1 heterocycles. The van der Waals surface area contributed by atoms with Crippen molar-refractivity contribution in [1.82, 2.24) is 9.88 Å². The van der Waals surface area contributed by atoms with E-state index >= 15 is 0 Å². The Balaban J connectivity index is 1.69. The molecule has 0 bridgehead atoms. The molecule has 162 valence electrons. The number of methoxy groups -OCH3 is 2. The molecule has 0 fully saturated rings. The van der Waals surface area contributed by atoms with Crippen molar-refractivity contribution in [2.45, 2.75) is 20.4 Å². The Bertz CT molecular complexity index is 1100. The minimum absolute atomic E-state index is 0.277. The molecule has 0 aliphatic rings. The van der Waals surface area contributed by atoms with Gasteiger partial charge in [0.25, 0.3) is 5.91 Å². The molecule has 0 atom stereocenters. The third kappa shape index (κ3) is 5.12. The first kappa shape index (κ1) is 22.1. The number of ether oxygens (including phenoxy) is 3. The normalized spacial score (nSPS) is 10.6. The van der Waals surface area contributed by atoms with Gasteiger partial charge in [-0.25, -0.2) is 4.79 Å². The van der Waals surface area contributed by atoms with Gasteiger partial charge in [0.2, 0.25) is 0 Å². The average molecular weight is 422 g/mol. The van der Waals surface area contributed by atoms with Gasteiger partial charge in [-0.15, -0.1) is 0 Å². The second kappa shape index (κ2) is 9.93. The van der Waals surface area contributed by atoms with E-state index < -0.39 is 5.97 Å². The number of benzene rings is 2. The molecule has 0 saturated heterocycles. The van der Waals surface area contributed by atoms with E-state index in [2.05, 4.69) is 4.98 Å². The number of esters is 1. The molecule has 31 heavy (non-hydrogen) atoms. The molecule has 7 heteroatoms. The molecule has 0 saturated carbocycles. The minimum Gasteiger partial charge on any atom is -0.493 e. The molecule has 7 nitrogen and oxygen atoms in total. The Morgan fingerprint density at radius 1 is 1.00 bits per heavy atom. The first-order valence-electron chi connectivity index (χ1n) is 9.99. The first-order valence-corrected chi connectivity index (χ1v) is 9.99. The molecule has 2 aromatic carbocycles. The summed E-state index contributed by atoms with van der Waals surface area (Å²) in [7, 11) is 3.13. The quantitative estimate of drug-likeness (QED) is 0.515. The summed E-state index contributed by atoms with van der Waals surface area (Å²) in [6, 6.07) is 14.5. The smallest absolute Gasteiger partial charge is 0.339 e. The molecule has 0 aliphatic carbocycles. The van der Waals surface area contributed by atoms with E-state index in [0.717, 1.165) is 5.56 Å². The van der Waals surface area contributed by atoms with Crippen LogP contribution in [0.2, 0.25) is 0 Å². The maximum Gasteiger partial charge on any atom is 0.339 e. The number of para-hydroxylation sites is 1. The SMILES string of the molecule is CCN(Cc1ccc(OC)c(OC)c1)C(=O)COC(=O)c1cc(C)nc2ccccc12. The molecular weight excluding hydrogens is 396 g/mol. The van der Waals surface area contributed by atoms with Gasteiger partial charge in [-0.05, 0) is 43.7 Å². The number of hydrogen-bond donors (Lipinski definition) is 0. The van der Waals surface area contributed by atoms with Crippen LogP contribution in [0.15, 0.2) is 48.5 Å². The van der Waals surface area contributed by atoms with Crippen LogP contribution in [0.5, 0.6) is 11.5 Å². The maximum atomic E-state index is 12.7. The van der Waals surface area contributed by atoms with Crippen LogP contribution in [-0.2, 0) is 16.1 Å². The third-order valence-corrected chi connectivity index (χ3v) is 4.95. The summed E-state index contributed by atoms with van der Waals surface area (Å²) >= 11 is 0. The number of fused-ring (bicyclic) bond motifs is 1. The lowest BCUT2D eigenvalue weighted by Gasteiger charge is -2.21. The highest BCUT2D eigenvalue weighted by Gasteiger charge is 2.18. The van der Waals surface area contributed by atoms with Gasteiger partial charge in [0, 0.05) is 24.2 Å². The number of amides is 1. The van der Waals surface area contributed by atoms with Gasteiger partial charge in [-0.3, -0.25) is 9.78 Å². The standard InChI is InChI=1S/C24H26N2O5/c1-5-26(14-17-10-11-21(29-3)22(13-17)30-4)23(27)15-31-24(28)19-12-16(2)25-20-9-7-6-8-18(19)20/h6-13H,5,14-15H2,1-4H3. The maximum absolute atomic E-state index is 12.7. The molecule has 1 aromatic heterocycles. The lowest BCUT2D eigenvalue weighted by Crippen LogP contribution is -2.34. The van der Waals surface area contributed by atoms with Gasteiger partial charge in [0.15, 0.2) is 18.1 Å². The number of aromatic nitrogens is 1. The van der Waals surface area contributed by atoms with Crippen LogP contribution < -0.4 is 9.47 Å². The van der Waals surface area contributed by atoms with Crippen LogP contribution in [0.25, 0.3) is 10.9 Å². The summed E-state index contributed by atoms with van der Waals surface area (Å²) in [5, 5.41) is 0.697. The molecule has 0 radical (unpaired) electrons. The highest BCUT2D eigenvalue weighted by Crippen LogP contribution is 2.28. The first-order chi connectivity index (χ1) is 15.0. The summed E-state index contributed by atoms with van der Waals surface area (Å²) in [4.78, 5) is 31.4. The Labute approximate surface area is 181 Å². The van der Waals surface area contributed by atoms with Crippen LogP contribution in [0.4, 0.5) is 0 Å². The van der Waals surface area contributed by atoms with Crippen molar-refractivity contribution < 1.29 is 23.8 Å². The van der Waals surface area contributed by atoms with E-state index in [1.807, 2.05) is 50.2 Å². The fourth-order valence-electron chi connectivity index (χ4n) is 3.35. The number of carbonyl (C=O) groups is 2. The van der Waals surface area contributed by atoms with Crippen molar-refractivity contribution in [1.29, 1.82) is 0 Å². The topological polar surface area (TPSA) is 78.0 Å². The number of rotatable bonds is 8. The molecule has 0 unspecified atom stereocenters. The second-order valence-electron chi connectivity index (χ2n) is 7.00. The number of carbonyl (C=O) groups excluding carboxylic acids is 2. The van der Waals surface area contributed by atoms with Gasteiger partial charge >= 0.3 is 5.97 Å². The number of likely N-dealkylation sites (N-methyl/N-ethyl adjacent to an activating group) is 1. The monoisotopic (exact) mass is 422 g/mol. The van der Waals surface area contributed by atoms with Gasteiger partial charge in [0.05, 0.1) is 25.3 Å². The third-order valence-electron chi connectivity index (χ3n) is 4.95. The highest BCUT2D eigenvalue weighted by molar-refractivity contribution is 6.04. The lowest BCUT2D eigenvalue weighted by atomic mass is 10.1. The van der Waals surface area contributed by atoms with Gasteiger partial charge in [-0.2, -0.15) is 0 Å². The van der Waals surface area contributed by atoms with E-state index in [9.17, 15) is 9.59 Å². The fourth-order valence-corrected chi connectivity index (χ4v) is 3.35. The van der Waals surface area contributed by atoms with E-state index in [1.165, 1.54) is 0 Å². The van der Waals surface area contributed by atoms with Crippen molar-refractivity contribution in [2.24, 2.45) is 0 Å². The molecule has 0 spiro atoms. The Morgan fingerprint density at radius 2 is 1.74 bits per heavy atom. The number of pyridine rings is 1. The average Bonchev–Trinajstić information content (AvgIpc) is 2.79. The summed E-state index contributed by atoms with van der Waals surface area (Å²) in [6.45, 7) is 4.19. The largest absolute Gasteiger partial charge is 0.493 e. The van der Waals surface area contributed by atoms with E-state index in [0.29, 0.717) is 46.7 Å². The number of nitrogens with zero attached hydrogens (tertiary/aromatic N) is 2. The molecular formula is C24H26N2O5. The van der Waals surface area contributed by atoms with Crippen LogP contribution in [0.1, 0.15) is 28.5 Å². The van der Waals surface area contributed by atoms with Gasteiger partial charge in [-0.1, -0.05) is 24.3 Å². The lowest BCUT2D eigenvalue weighted by molar-refractivity contribution is -0.134. The summed E-state index contributed by atoms with van der Waals surface area (Å²) in [5.74, 6) is 0.391. The Hall–Kier alpha value is -3.61. The summed E-state index contributed by atoms with van der Waals surface area (Å²) in [5.41, 5.74) is 2.71. The van der Waals surface area contributed by atoms with Crippen molar-refractivity contribution in [3.8, 4) is 11.5 Å². The van der Waals surface area contributed by atoms with Gasteiger partial charge in [0.1, 0.15) is 0 Å². The fraction of sp³-hybridized carbons (Fsp3) is 0.292. The van der Waals surface area contributed by atoms with E-state index in [4.69, 9.17) is 14.2 Å². The Morgan fingerprint density at radius 3 is 2.45 bits per heavy atom. The van der Waals surface area contributed by atoms with Crippen molar-refractivity contribution >= 4 is 22.8 Å². The number of hydrogen-bond acceptors (Lipinski definition) is 6. The molecule has 1 amide bonds. The summed E-state index contributed by atoms with van der Waals surface area (Å²) in [6.07, 6.45) is 0. The van der Waals surface area contributed by atoms with E-state index in [1.54, 1.807) is 31.3 Å². The van der Waals surface area contributed by atoms with Crippen LogP contribution in [0, 0.1) is 6.92 Å². The van der Waals surface area contributed by atoms with Crippen LogP contribution in [0.3, 0.4) is 0 Å². The van der Waals surface area contributed by atoms with Crippen molar-refractivity contribution in [3.05, 3.63) is 65.4 Å². The molecule has 3 rings (SSSR count). The molecule has 3 aromatic rings. The highest BCUT2D eigenvalue weighted by atomic mass is 16.5. The van der Waals surface area contributed by atoms with E-state index in [-0.39, 0.29) is 12.5 Å².